The fourth-order valence-corrected chi connectivity index (χ4v) is 10.0. The highest BCUT2D eigenvalue weighted by atomic mass is 32.2. The van der Waals surface area contributed by atoms with E-state index in [1.807, 2.05) is 7.05 Å². The molecule has 0 aliphatic carbocycles. The lowest BCUT2D eigenvalue weighted by Gasteiger charge is -2.46. The Balaban J connectivity index is 3.74. The molecular weight excluding hydrogens is 381 g/mol. The van der Waals surface area contributed by atoms with Gasteiger partial charge in [-0.2, -0.15) is 0 Å². The van der Waals surface area contributed by atoms with E-state index >= 15 is 0 Å². The summed E-state index contributed by atoms with van der Waals surface area (Å²) < 4.78 is 15.2. The average molecular weight is 426 g/mol. The molecule has 0 bridgehead atoms. The Labute approximate surface area is 179 Å². The van der Waals surface area contributed by atoms with E-state index < -0.39 is 18.9 Å². The highest BCUT2D eigenvalue weighted by molar-refractivity contribution is 7.84. The molecule has 2 atom stereocenters. The van der Waals surface area contributed by atoms with Crippen LogP contribution in [-0.4, -0.2) is 30.6 Å². The molecule has 0 amide bonds. The Morgan fingerprint density at radius 2 is 1.25 bits per heavy atom. The molecule has 1 aromatic carbocycles. The lowest BCUT2D eigenvalue weighted by Crippen LogP contribution is -2.44. The third-order valence-electron chi connectivity index (χ3n) is 4.78. The second-order valence-electron chi connectivity index (χ2n) is 11.9. The summed E-state index contributed by atoms with van der Waals surface area (Å²) in [5, 5.41) is 1.83. The molecule has 28 heavy (non-hydrogen) atoms. The van der Waals surface area contributed by atoms with E-state index in [0.29, 0.717) is 0 Å². The predicted molar refractivity (Wildman–Crippen MR) is 130 cm³/mol. The molecule has 0 N–H and O–H groups in total. The number of hydrogen-bond donors (Lipinski definition) is 0. The second-order valence-corrected chi connectivity index (χ2v) is 18.0. The molecule has 1 rings (SSSR count). The minimum atomic E-state index is -1.08. The molecular formula is C24H44NOPS. The van der Waals surface area contributed by atoms with Gasteiger partial charge in [-0.3, -0.25) is 0 Å². The maximum atomic E-state index is 13.3. The summed E-state index contributed by atoms with van der Waals surface area (Å²) in [7, 11) is 0.514. The van der Waals surface area contributed by atoms with Crippen LogP contribution in [0.3, 0.4) is 0 Å². The molecule has 2 unspecified atom stereocenters. The summed E-state index contributed by atoms with van der Waals surface area (Å²) in [6.07, 6.45) is 0. The zero-order chi connectivity index (χ0) is 22.3. The van der Waals surface area contributed by atoms with Crippen molar-refractivity contribution in [1.82, 2.24) is 4.31 Å². The Bertz CT molecular complexity index is 672. The molecule has 0 aliphatic rings. The Morgan fingerprint density at radius 1 is 0.821 bits per heavy atom. The minimum absolute atomic E-state index is 0.0392. The molecule has 0 spiro atoms. The van der Waals surface area contributed by atoms with E-state index in [4.69, 9.17) is 0 Å². The van der Waals surface area contributed by atoms with E-state index in [1.54, 1.807) is 0 Å². The average Bonchev–Trinajstić information content (AvgIpc) is 2.42. The van der Waals surface area contributed by atoms with Crippen LogP contribution in [0.1, 0.15) is 94.7 Å². The van der Waals surface area contributed by atoms with Crippen LogP contribution in [0.4, 0.5) is 0 Å². The SMILES string of the molecule is CN(C(c1ccccc1P(C(C)(C)C)C(C)(C)C)C(C)(C)C)S(=O)C(C)(C)C. The lowest BCUT2D eigenvalue weighted by atomic mass is 9.82. The van der Waals surface area contributed by atoms with E-state index in [0.717, 1.165) is 0 Å². The van der Waals surface area contributed by atoms with E-state index in [1.165, 1.54) is 10.9 Å². The van der Waals surface area contributed by atoms with Crippen molar-refractivity contribution in [2.24, 2.45) is 5.41 Å². The first-order valence-corrected chi connectivity index (χ1v) is 12.8. The van der Waals surface area contributed by atoms with Crippen LogP contribution in [0, 0.1) is 5.41 Å². The van der Waals surface area contributed by atoms with Gasteiger partial charge in [0.05, 0.1) is 10.8 Å². The smallest absolute Gasteiger partial charge is 0.100 e. The van der Waals surface area contributed by atoms with Crippen LogP contribution >= 0.6 is 7.92 Å². The van der Waals surface area contributed by atoms with Crippen LogP contribution in [0.2, 0.25) is 0 Å². The van der Waals surface area contributed by atoms with Crippen molar-refractivity contribution in [3.8, 4) is 0 Å². The minimum Gasteiger partial charge on any atom is -0.242 e. The highest BCUT2D eigenvalue weighted by Gasteiger charge is 2.42. The molecule has 0 fully saturated rings. The Morgan fingerprint density at radius 3 is 1.61 bits per heavy atom. The second kappa shape index (κ2) is 8.48. The molecule has 0 saturated heterocycles. The predicted octanol–water partition coefficient (Wildman–Crippen LogP) is 6.87. The number of rotatable bonds is 4. The molecule has 0 radical (unpaired) electrons. The van der Waals surface area contributed by atoms with Gasteiger partial charge in [-0.15, -0.1) is 0 Å². The first-order chi connectivity index (χ1) is 12.3. The maximum Gasteiger partial charge on any atom is 0.100 e. The molecule has 0 aliphatic heterocycles. The van der Waals surface area contributed by atoms with Crippen molar-refractivity contribution in [3.63, 3.8) is 0 Å². The Hall–Kier alpha value is -0.240. The van der Waals surface area contributed by atoms with E-state index in [2.05, 4.69) is 112 Å². The fourth-order valence-electron chi connectivity index (χ4n) is 4.39. The standard InChI is InChI=1S/C24H44NOPS/c1-21(2,3)20(25(13)28(26)24(10,11)12)18-16-14-15-17-19(18)27(22(4,5)6)23(7,8)9/h14-17,20H,1-13H3. The van der Waals surface area contributed by atoms with Crippen molar-refractivity contribution >= 4 is 24.2 Å². The zero-order valence-electron chi connectivity index (χ0n) is 20.6. The molecule has 162 valence electrons. The largest absolute Gasteiger partial charge is 0.242 e. The van der Waals surface area contributed by atoms with Gasteiger partial charge in [0.1, 0.15) is 11.0 Å². The molecule has 0 heterocycles. The van der Waals surface area contributed by atoms with Crippen molar-refractivity contribution in [1.29, 1.82) is 0 Å². The molecule has 4 heteroatoms. The van der Waals surface area contributed by atoms with Crippen LogP contribution in [0.15, 0.2) is 24.3 Å². The molecule has 0 saturated carbocycles. The number of hydrogen-bond acceptors (Lipinski definition) is 1. The van der Waals surface area contributed by atoms with Gasteiger partial charge in [0, 0.05) is 7.05 Å². The van der Waals surface area contributed by atoms with E-state index in [-0.39, 0.29) is 26.5 Å². The van der Waals surface area contributed by atoms with Gasteiger partial charge >= 0.3 is 0 Å². The summed E-state index contributed by atoms with van der Waals surface area (Å²) in [5.41, 5.74) is 1.30. The van der Waals surface area contributed by atoms with E-state index in [9.17, 15) is 4.21 Å². The Kier molecular flexibility index (Phi) is 7.81. The van der Waals surface area contributed by atoms with Gasteiger partial charge in [-0.1, -0.05) is 94.5 Å². The quantitative estimate of drug-likeness (QED) is 0.482. The van der Waals surface area contributed by atoms with Gasteiger partial charge in [0.25, 0.3) is 0 Å². The van der Waals surface area contributed by atoms with Gasteiger partial charge in [-0.25, -0.2) is 8.51 Å². The van der Waals surface area contributed by atoms with Gasteiger partial charge in [0.2, 0.25) is 0 Å². The van der Waals surface area contributed by atoms with Crippen LogP contribution in [0.5, 0.6) is 0 Å². The number of benzene rings is 1. The topological polar surface area (TPSA) is 20.3 Å². The summed E-state index contributed by atoms with van der Waals surface area (Å²) in [6.45, 7) is 27.2. The van der Waals surface area contributed by atoms with Gasteiger partial charge in [-0.05, 0) is 47.4 Å². The van der Waals surface area contributed by atoms with Crippen molar-refractivity contribution in [2.45, 2.75) is 104 Å². The summed E-state index contributed by atoms with van der Waals surface area (Å²) in [5.74, 6) is 0. The summed E-state index contributed by atoms with van der Waals surface area (Å²) >= 11 is 0. The van der Waals surface area contributed by atoms with Crippen molar-refractivity contribution < 1.29 is 4.21 Å². The summed E-state index contributed by atoms with van der Waals surface area (Å²) in [6, 6.07) is 8.99. The first-order valence-electron chi connectivity index (χ1n) is 10.3. The third-order valence-corrected chi connectivity index (χ3v) is 10.1. The van der Waals surface area contributed by atoms with Gasteiger partial charge in [0.15, 0.2) is 0 Å². The molecule has 2 nitrogen and oxygen atoms in total. The first kappa shape index (κ1) is 25.8. The van der Waals surface area contributed by atoms with Crippen LogP contribution in [0.25, 0.3) is 0 Å². The monoisotopic (exact) mass is 425 g/mol. The van der Waals surface area contributed by atoms with Crippen LogP contribution in [-0.2, 0) is 11.0 Å². The van der Waals surface area contributed by atoms with Gasteiger partial charge < -0.3 is 0 Å². The normalized spacial score (nSPS) is 16.5. The van der Waals surface area contributed by atoms with Crippen molar-refractivity contribution in [3.05, 3.63) is 29.8 Å². The fraction of sp³-hybridized carbons (Fsp3) is 0.750. The molecule has 0 aromatic heterocycles. The lowest BCUT2D eigenvalue weighted by molar-refractivity contribution is 0.207. The maximum absolute atomic E-state index is 13.3. The van der Waals surface area contributed by atoms with Crippen LogP contribution < -0.4 is 5.30 Å². The number of nitrogens with zero attached hydrogens (tertiary/aromatic N) is 1. The third kappa shape index (κ3) is 6.13. The molecule has 1 aromatic rings. The van der Waals surface area contributed by atoms with Crippen molar-refractivity contribution in [2.75, 3.05) is 7.05 Å². The summed E-state index contributed by atoms with van der Waals surface area (Å²) in [4.78, 5) is 0. The zero-order valence-corrected chi connectivity index (χ0v) is 22.3. The highest BCUT2D eigenvalue weighted by Crippen LogP contribution is 2.59.